The molecule has 0 spiro atoms. The number of halogens is 1. The van der Waals surface area contributed by atoms with Crippen LogP contribution in [0.2, 0.25) is 0 Å². The molecule has 1 rings (SSSR count). The molecule has 1 N–H and O–H groups in total. The first kappa shape index (κ1) is 14.7. The van der Waals surface area contributed by atoms with E-state index in [1.807, 2.05) is 6.07 Å². The first-order valence-corrected chi connectivity index (χ1v) is 6.84. The Labute approximate surface area is 113 Å². The van der Waals surface area contributed by atoms with Gasteiger partial charge in [0.05, 0.1) is 6.61 Å². The van der Waals surface area contributed by atoms with E-state index in [1.165, 1.54) is 5.56 Å². The number of rotatable bonds is 6. The molecular weight excluding hydrogens is 278 g/mol. The van der Waals surface area contributed by atoms with Crippen molar-refractivity contribution in [2.45, 2.75) is 32.9 Å². The molecule has 17 heavy (non-hydrogen) atoms. The van der Waals surface area contributed by atoms with E-state index in [4.69, 9.17) is 4.74 Å². The van der Waals surface area contributed by atoms with Gasteiger partial charge in [-0.25, -0.2) is 0 Å². The number of hydrogen-bond acceptors (Lipinski definition) is 2. The molecule has 0 heterocycles. The number of nitrogens with one attached hydrogen (secondary N) is 1. The molecule has 3 heteroatoms. The summed E-state index contributed by atoms with van der Waals surface area (Å²) < 4.78 is 6.38. The maximum Gasteiger partial charge on any atom is 0.0618 e. The van der Waals surface area contributed by atoms with Crippen molar-refractivity contribution < 1.29 is 4.74 Å². The van der Waals surface area contributed by atoms with Crippen molar-refractivity contribution in [2.75, 3.05) is 13.7 Å². The highest BCUT2D eigenvalue weighted by molar-refractivity contribution is 9.10. The van der Waals surface area contributed by atoms with Crippen molar-refractivity contribution in [3.63, 3.8) is 0 Å². The van der Waals surface area contributed by atoms with Crippen LogP contribution in [0.25, 0.3) is 0 Å². The summed E-state index contributed by atoms with van der Waals surface area (Å²) in [4.78, 5) is 0. The van der Waals surface area contributed by atoms with Crippen LogP contribution in [-0.4, -0.2) is 19.8 Å². The van der Waals surface area contributed by atoms with Crippen LogP contribution < -0.4 is 5.32 Å². The molecule has 1 aromatic carbocycles. The van der Waals surface area contributed by atoms with Crippen LogP contribution in [0.4, 0.5) is 0 Å². The minimum absolute atomic E-state index is 0.329. The summed E-state index contributed by atoms with van der Waals surface area (Å²) in [6.07, 6.45) is 0. The zero-order valence-electron chi connectivity index (χ0n) is 11.0. The third-order valence-corrected chi connectivity index (χ3v) is 3.46. The standard InChI is InChI=1S/C14H22BrNO/c1-10(2)14(9-17-4)16-11(3)12-6-5-7-13(15)8-12/h5-8,10-11,14,16H,9H2,1-4H3/t11-,14?/m1/s1. The van der Waals surface area contributed by atoms with Gasteiger partial charge < -0.3 is 10.1 Å². The Morgan fingerprint density at radius 3 is 2.53 bits per heavy atom. The van der Waals surface area contributed by atoms with Crippen molar-refractivity contribution in [1.82, 2.24) is 5.32 Å². The second kappa shape index (κ2) is 7.14. The maximum atomic E-state index is 5.25. The number of hydrogen-bond donors (Lipinski definition) is 1. The Balaban J connectivity index is 2.66. The predicted molar refractivity (Wildman–Crippen MR) is 76.2 cm³/mol. The van der Waals surface area contributed by atoms with Gasteiger partial charge in [-0.1, -0.05) is 41.9 Å². The lowest BCUT2D eigenvalue weighted by molar-refractivity contribution is 0.141. The molecule has 0 bridgehead atoms. The lowest BCUT2D eigenvalue weighted by Crippen LogP contribution is -2.39. The molecule has 96 valence electrons. The van der Waals surface area contributed by atoms with Crippen molar-refractivity contribution in [3.8, 4) is 0 Å². The van der Waals surface area contributed by atoms with Crippen LogP contribution in [0.15, 0.2) is 28.7 Å². The van der Waals surface area contributed by atoms with Crippen LogP contribution >= 0.6 is 15.9 Å². The molecule has 0 amide bonds. The molecule has 2 atom stereocenters. The zero-order valence-corrected chi connectivity index (χ0v) is 12.6. The average Bonchev–Trinajstić information content (AvgIpc) is 2.28. The molecule has 0 saturated carbocycles. The molecular formula is C14H22BrNO. The fraction of sp³-hybridized carbons (Fsp3) is 0.571. The van der Waals surface area contributed by atoms with E-state index in [1.54, 1.807) is 7.11 Å². The largest absolute Gasteiger partial charge is 0.383 e. The Bertz CT molecular complexity index is 341. The Morgan fingerprint density at radius 2 is 2.00 bits per heavy atom. The molecule has 0 aliphatic carbocycles. The molecule has 2 nitrogen and oxygen atoms in total. The third kappa shape index (κ3) is 4.78. The Morgan fingerprint density at radius 1 is 1.29 bits per heavy atom. The van der Waals surface area contributed by atoms with E-state index in [0.29, 0.717) is 18.0 Å². The summed E-state index contributed by atoms with van der Waals surface area (Å²) >= 11 is 3.50. The highest BCUT2D eigenvalue weighted by Crippen LogP contribution is 2.19. The summed E-state index contributed by atoms with van der Waals surface area (Å²) in [5, 5.41) is 3.62. The van der Waals surface area contributed by atoms with Crippen LogP contribution in [0.5, 0.6) is 0 Å². The van der Waals surface area contributed by atoms with E-state index in [-0.39, 0.29) is 0 Å². The minimum Gasteiger partial charge on any atom is -0.383 e. The predicted octanol–water partition coefficient (Wildman–Crippen LogP) is 3.77. The highest BCUT2D eigenvalue weighted by Gasteiger charge is 2.16. The number of benzene rings is 1. The van der Waals surface area contributed by atoms with Gasteiger partial charge in [0.25, 0.3) is 0 Å². The smallest absolute Gasteiger partial charge is 0.0618 e. The quantitative estimate of drug-likeness (QED) is 0.863. The zero-order chi connectivity index (χ0) is 12.8. The van der Waals surface area contributed by atoms with E-state index < -0.39 is 0 Å². The summed E-state index contributed by atoms with van der Waals surface area (Å²) in [6, 6.07) is 9.13. The monoisotopic (exact) mass is 299 g/mol. The number of methoxy groups -OCH3 is 1. The van der Waals surface area contributed by atoms with Gasteiger partial charge in [0.2, 0.25) is 0 Å². The fourth-order valence-corrected chi connectivity index (χ4v) is 2.22. The van der Waals surface area contributed by atoms with Crippen LogP contribution in [0, 0.1) is 5.92 Å². The summed E-state index contributed by atoms with van der Waals surface area (Å²) in [7, 11) is 1.75. The van der Waals surface area contributed by atoms with Gasteiger partial charge in [-0.05, 0) is 30.5 Å². The van der Waals surface area contributed by atoms with E-state index in [0.717, 1.165) is 11.1 Å². The van der Waals surface area contributed by atoms with Crippen molar-refractivity contribution in [1.29, 1.82) is 0 Å². The average molecular weight is 300 g/mol. The molecule has 0 fully saturated rings. The highest BCUT2D eigenvalue weighted by atomic mass is 79.9. The van der Waals surface area contributed by atoms with Gasteiger partial charge in [-0.15, -0.1) is 0 Å². The first-order valence-electron chi connectivity index (χ1n) is 6.05. The van der Waals surface area contributed by atoms with Gasteiger partial charge >= 0.3 is 0 Å². The minimum atomic E-state index is 0.329. The van der Waals surface area contributed by atoms with Gasteiger partial charge in [-0.3, -0.25) is 0 Å². The first-order chi connectivity index (χ1) is 8.04. The molecule has 0 aliphatic heterocycles. The lowest BCUT2D eigenvalue weighted by Gasteiger charge is -2.26. The van der Waals surface area contributed by atoms with E-state index in [2.05, 4.69) is 60.2 Å². The van der Waals surface area contributed by atoms with Gasteiger partial charge in [0.15, 0.2) is 0 Å². The Hall–Kier alpha value is -0.380. The van der Waals surface area contributed by atoms with Crippen molar-refractivity contribution in [3.05, 3.63) is 34.3 Å². The summed E-state index contributed by atoms with van der Waals surface area (Å²) in [6.45, 7) is 7.36. The lowest BCUT2D eigenvalue weighted by atomic mass is 10.0. The van der Waals surface area contributed by atoms with Crippen LogP contribution in [0.1, 0.15) is 32.4 Å². The van der Waals surface area contributed by atoms with Gasteiger partial charge in [0.1, 0.15) is 0 Å². The van der Waals surface area contributed by atoms with E-state index in [9.17, 15) is 0 Å². The normalized spacial score (nSPS) is 14.9. The topological polar surface area (TPSA) is 21.3 Å². The second-order valence-electron chi connectivity index (χ2n) is 4.75. The maximum absolute atomic E-state index is 5.25. The third-order valence-electron chi connectivity index (χ3n) is 2.96. The molecule has 0 radical (unpaired) electrons. The molecule has 1 aromatic rings. The molecule has 0 saturated heterocycles. The molecule has 0 aromatic heterocycles. The van der Waals surface area contributed by atoms with Crippen LogP contribution in [-0.2, 0) is 4.74 Å². The summed E-state index contributed by atoms with van der Waals surface area (Å²) in [5.74, 6) is 0.560. The van der Waals surface area contributed by atoms with E-state index >= 15 is 0 Å². The second-order valence-corrected chi connectivity index (χ2v) is 5.66. The van der Waals surface area contributed by atoms with Crippen molar-refractivity contribution in [2.24, 2.45) is 5.92 Å². The SMILES string of the molecule is COCC(N[C@H](C)c1cccc(Br)c1)C(C)C. The molecule has 1 unspecified atom stereocenters. The fourth-order valence-electron chi connectivity index (χ4n) is 1.81. The van der Waals surface area contributed by atoms with Gasteiger partial charge in [-0.2, -0.15) is 0 Å². The molecule has 0 aliphatic rings. The number of ether oxygens (including phenoxy) is 1. The van der Waals surface area contributed by atoms with Gasteiger partial charge in [0, 0.05) is 23.7 Å². The summed E-state index contributed by atoms with van der Waals surface area (Å²) in [5.41, 5.74) is 1.29. The Kier molecular flexibility index (Phi) is 6.17. The van der Waals surface area contributed by atoms with Crippen molar-refractivity contribution >= 4 is 15.9 Å². The van der Waals surface area contributed by atoms with Crippen LogP contribution in [0.3, 0.4) is 0 Å².